The van der Waals surface area contributed by atoms with E-state index in [2.05, 4.69) is 0 Å². The number of rotatable bonds is 2. The highest BCUT2D eigenvalue weighted by atomic mass is 16.4. The van der Waals surface area contributed by atoms with E-state index in [0.29, 0.717) is 5.57 Å². The molecule has 0 atom stereocenters. The van der Waals surface area contributed by atoms with Gasteiger partial charge in [0.25, 0.3) is 0 Å². The Morgan fingerprint density at radius 3 is 1.50 bits per heavy atom. The summed E-state index contributed by atoms with van der Waals surface area (Å²) in [5.41, 5.74) is 1.20. The van der Waals surface area contributed by atoms with Crippen molar-refractivity contribution in [1.29, 1.82) is 0 Å². The largest absolute Gasteiger partial charge is 0.478 e. The average molecular weight is 200 g/mol. The molecule has 0 unspecified atom stereocenters. The van der Waals surface area contributed by atoms with Gasteiger partial charge >= 0.3 is 11.9 Å². The van der Waals surface area contributed by atoms with Gasteiger partial charge in [0.15, 0.2) is 0 Å². The third-order valence-electron chi connectivity index (χ3n) is 1.18. The quantitative estimate of drug-likeness (QED) is 0.669. The van der Waals surface area contributed by atoms with Gasteiger partial charge < -0.3 is 10.2 Å². The summed E-state index contributed by atoms with van der Waals surface area (Å²) in [4.78, 5) is 19.6. The van der Waals surface area contributed by atoms with Gasteiger partial charge in [-0.05, 0) is 27.7 Å². The molecule has 0 spiro atoms. The third-order valence-corrected chi connectivity index (χ3v) is 1.18. The van der Waals surface area contributed by atoms with Crippen LogP contribution in [0.5, 0.6) is 0 Å². The monoisotopic (exact) mass is 200 g/mol. The molecular weight excluding hydrogens is 184 g/mol. The van der Waals surface area contributed by atoms with Crippen molar-refractivity contribution >= 4 is 11.9 Å². The lowest BCUT2D eigenvalue weighted by atomic mass is 10.3. The molecule has 0 aromatic carbocycles. The summed E-state index contributed by atoms with van der Waals surface area (Å²) in [5, 5.41) is 16.1. The highest BCUT2D eigenvalue weighted by Crippen LogP contribution is 1.87. The van der Waals surface area contributed by atoms with Crippen LogP contribution in [0.2, 0.25) is 0 Å². The first kappa shape index (κ1) is 14.9. The van der Waals surface area contributed by atoms with Crippen molar-refractivity contribution in [3.05, 3.63) is 23.3 Å². The van der Waals surface area contributed by atoms with Gasteiger partial charge in [-0.25, -0.2) is 9.59 Å². The second-order valence-corrected chi connectivity index (χ2v) is 2.84. The fourth-order valence-corrected chi connectivity index (χ4v) is 0.370. The molecule has 2 N–H and O–H groups in total. The molecule has 0 radical (unpaired) electrons. The zero-order valence-corrected chi connectivity index (χ0v) is 8.87. The number of carboxylic acids is 2. The van der Waals surface area contributed by atoms with Crippen molar-refractivity contribution in [2.24, 2.45) is 0 Å². The van der Waals surface area contributed by atoms with Crippen LogP contribution in [-0.4, -0.2) is 22.2 Å². The molecule has 0 heterocycles. The van der Waals surface area contributed by atoms with Crippen molar-refractivity contribution in [3.8, 4) is 0 Å². The maximum atomic E-state index is 9.86. The van der Waals surface area contributed by atoms with E-state index in [1.165, 1.54) is 6.08 Å². The minimum absolute atomic E-state index is 0.389. The van der Waals surface area contributed by atoms with Crippen molar-refractivity contribution in [2.75, 3.05) is 0 Å². The van der Waals surface area contributed by atoms with Crippen LogP contribution in [0.25, 0.3) is 0 Å². The van der Waals surface area contributed by atoms with Crippen LogP contribution in [0.15, 0.2) is 23.3 Å². The van der Waals surface area contributed by atoms with Crippen molar-refractivity contribution in [1.82, 2.24) is 0 Å². The molecule has 4 nitrogen and oxygen atoms in total. The summed E-state index contributed by atoms with van der Waals surface area (Å²) in [6, 6.07) is 0. The van der Waals surface area contributed by atoms with Gasteiger partial charge in [0.1, 0.15) is 0 Å². The van der Waals surface area contributed by atoms with Crippen LogP contribution in [0.4, 0.5) is 0 Å². The van der Waals surface area contributed by atoms with E-state index in [1.54, 1.807) is 33.8 Å². The van der Waals surface area contributed by atoms with E-state index in [0.717, 1.165) is 5.57 Å². The lowest BCUT2D eigenvalue weighted by Gasteiger charge is -1.84. The average Bonchev–Trinajstić information content (AvgIpc) is 2.01. The standard InChI is InChI=1S/2C5H8O2/c1-4(2)3-5(6)7;1-3-4(2)5(6)7/h2*3H,1-2H3,(H,6,7). The Morgan fingerprint density at radius 1 is 1.07 bits per heavy atom. The SMILES string of the molecule is CC(C)=CC(=O)O.CC=C(C)C(=O)O. The molecule has 0 aliphatic heterocycles. The predicted molar refractivity (Wildman–Crippen MR) is 54.1 cm³/mol. The predicted octanol–water partition coefficient (Wildman–Crippen LogP) is 2.07. The highest BCUT2D eigenvalue weighted by molar-refractivity contribution is 5.85. The van der Waals surface area contributed by atoms with Crippen LogP contribution in [0.3, 0.4) is 0 Å². The number of hydrogen-bond donors (Lipinski definition) is 2. The Hall–Kier alpha value is -1.58. The Balaban J connectivity index is 0. The van der Waals surface area contributed by atoms with E-state index in [1.807, 2.05) is 0 Å². The number of aliphatic carboxylic acids is 2. The molecule has 0 aliphatic carbocycles. The molecule has 0 aromatic heterocycles. The smallest absolute Gasteiger partial charge is 0.330 e. The molecule has 0 saturated carbocycles. The summed E-state index contributed by atoms with van der Waals surface area (Å²) in [6.07, 6.45) is 2.72. The summed E-state index contributed by atoms with van der Waals surface area (Å²) < 4.78 is 0. The molecule has 0 bridgehead atoms. The van der Waals surface area contributed by atoms with E-state index < -0.39 is 11.9 Å². The molecule has 0 fully saturated rings. The van der Waals surface area contributed by atoms with Gasteiger partial charge in [0, 0.05) is 11.6 Å². The molecule has 0 aliphatic rings. The second-order valence-electron chi connectivity index (χ2n) is 2.84. The number of carboxylic acid groups (broad SMARTS) is 2. The first-order chi connectivity index (χ1) is 6.31. The van der Waals surface area contributed by atoms with Gasteiger partial charge in [-0.1, -0.05) is 11.6 Å². The van der Waals surface area contributed by atoms with Gasteiger partial charge in [-0.2, -0.15) is 0 Å². The van der Waals surface area contributed by atoms with Gasteiger partial charge in [0.05, 0.1) is 0 Å². The minimum Gasteiger partial charge on any atom is -0.478 e. The van der Waals surface area contributed by atoms with Crippen LogP contribution in [0.1, 0.15) is 27.7 Å². The van der Waals surface area contributed by atoms with Crippen LogP contribution >= 0.6 is 0 Å². The Bertz CT molecular complexity index is 257. The Labute approximate surface area is 83.6 Å². The summed E-state index contributed by atoms with van der Waals surface area (Å²) in [5.74, 6) is -1.72. The topological polar surface area (TPSA) is 74.6 Å². The third kappa shape index (κ3) is 13.0. The van der Waals surface area contributed by atoms with Crippen LogP contribution < -0.4 is 0 Å². The highest BCUT2D eigenvalue weighted by Gasteiger charge is 1.93. The molecule has 4 heteroatoms. The van der Waals surface area contributed by atoms with E-state index >= 15 is 0 Å². The molecule has 0 aromatic rings. The lowest BCUT2D eigenvalue weighted by molar-refractivity contribution is -0.133. The minimum atomic E-state index is -0.875. The Kier molecular flexibility index (Phi) is 8.57. The molecule has 0 amide bonds. The van der Waals surface area contributed by atoms with Crippen molar-refractivity contribution < 1.29 is 19.8 Å². The number of carbonyl (C=O) groups is 2. The molecule has 80 valence electrons. The van der Waals surface area contributed by atoms with E-state index in [-0.39, 0.29) is 0 Å². The second kappa shape index (κ2) is 8.04. The zero-order valence-electron chi connectivity index (χ0n) is 8.87. The summed E-state index contributed by atoms with van der Waals surface area (Å²) in [6.45, 7) is 6.74. The fraction of sp³-hybridized carbons (Fsp3) is 0.400. The molecule has 0 saturated heterocycles. The van der Waals surface area contributed by atoms with Crippen molar-refractivity contribution in [2.45, 2.75) is 27.7 Å². The number of hydrogen-bond acceptors (Lipinski definition) is 2. The van der Waals surface area contributed by atoms with Gasteiger partial charge in [0.2, 0.25) is 0 Å². The fourth-order valence-electron chi connectivity index (χ4n) is 0.370. The zero-order chi connectivity index (χ0) is 11.7. The first-order valence-electron chi connectivity index (χ1n) is 4.05. The van der Waals surface area contributed by atoms with E-state index in [4.69, 9.17) is 10.2 Å². The number of allylic oxidation sites excluding steroid dienone is 2. The normalized spacial score (nSPS) is 9.57. The van der Waals surface area contributed by atoms with Gasteiger partial charge in [-0.15, -0.1) is 0 Å². The van der Waals surface area contributed by atoms with Gasteiger partial charge in [-0.3, -0.25) is 0 Å². The van der Waals surface area contributed by atoms with Crippen molar-refractivity contribution in [3.63, 3.8) is 0 Å². The summed E-state index contributed by atoms with van der Waals surface area (Å²) in [7, 11) is 0. The van der Waals surface area contributed by atoms with E-state index in [9.17, 15) is 9.59 Å². The lowest BCUT2D eigenvalue weighted by Crippen LogP contribution is -1.93. The molecule has 0 rings (SSSR count). The molecular formula is C10H16O4. The van der Waals surface area contributed by atoms with Crippen LogP contribution in [0, 0.1) is 0 Å². The first-order valence-corrected chi connectivity index (χ1v) is 4.05. The Morgan fingerprint density at radius 2 is 1.50 bits per heavy atom. The molecule has 14 heavy (non-hydrogen) atoms. The maximum Gasteiger partial charge on any atom is 0.330 e. The maximum absolute atomic E-state index is 9.86. The summed E-state index contributed by atoms with van der Waals surface area (Å²) >= 11 is 0. The van der Waals surface area contributed by atoms with Crippen LogP contribution in [-0.2, 0) is 9.59 Å².